The minimum atomic E-state index is 0.624. The van der Waals surface area contributed by atoms with Crippen LogP contribution in [0.4, 0.5) is 0 Å². The standard InChI is InChI=1S/C8H12/c1-5-6(2)8(3)4-7(5)8/h5,7H,2,4H2,1,3H3. The highest BCUT2D eigenvalue weighted by molar-refractivity contribution is 5.36. The van der Waals surface area contributed by atoms with E-state index in [1.807, 2.05) is 0 Å². The molecule has 0 bridgehead atoms. The molecule has 3 atom stereocenters. The van der Waals surface area contributed by atoms with Gasteiger partial charge in [-0.05, 0) is 23.7 Å². The molecule has 3 unspecified atom stereocenters. The number of allylic oxidation sites excluding steroid dienone is 1. The first-order valence-corrected chi connectivity index (χ1v) is 3.35. The van der Waals surface area contributed by atoms with Crippen LogP contribution in [0.15, 0.2) is 12.2 Å². The van der Waals surface area contributed by atoms with Crippen molar-refractivity contribution in [2.75, 3.05) is 0 Å². The summed E-state index contributed by atoms with van der Waals surface area (Å²) in [5, 5.41) is 0. The fourth-order valence-electron chi connectivity index (χ4n) is 2.16. The number of rotatable bonds is 0. The van der Waals surface area contributed by atoms with E-state index in [0.29, 0.717) is 5.41 Å². The third-order valence-electron chi connectivity index (χ3n) is 3.19. The molecule has 0 spiro atoms. The van der Waals surface area contributed by atoms with Crippen molar-refractivity contribution < 1.29 is 0 Å². The zero-order chi connectivity index (χ0) is 5.94. The highest BCUT2D eigenvalue weighted by Gasteiger charge is 2.64. The summed E-state index contributed by atoms with van der Waals surface area (Å²) in [6.45, 7) is 8.66. The average Bonchev–Trinajstić information content (AvgIpc) is 2.39. The summed E-state index contributed by atoms with van der Waals surface area (Å²) in [4.78, 5) is 0. The smallest absolute Gasteiger partial charge is 0.00790 e. The third kappa shape index (κ3) is 0.249. The summed E-state index contributed by atoms with van der Waals surface area (Å²) in [7, 11) is 0. The van der Waals surface area contributed by atoms with Gasteiger partial charge in [-0.2, -0.15) is 0 Å². The van der Waals surface area contributed by atoms with Gasteiger partial charge in [-0.3, -0.25) is 0 Å². The van der Waals surface area contributed by atoms with Crippen LogP contribution in [-0.4, -0.2) is 0 Å². The minimum absolute atomic E-state index is 0.624. The van der Waals surface area contributed by atoms with Crippen molar-refractivity contribution in [3.05, 3.63) is 12.2 Å². The normalized spacial score (nSPS) is 59.5. The summed E-state index contributed by atoms with van der Waals surface area (Å²) in [6, 6.07) is 0. The molecule has 0 aromatic heterocycles. The molecular formula is C8H12. The molecule has 0 saturated heterocycles. The van der Waals surface area contributed by atoms with Crippen molar-refractivity contribution in [2.24, 2.45) is 17.3 Å². The summed E-state index contributed by atoms with van der Waals surface area (Å²) in [6.07, 6.45) is 1.42. The second kappa shape index (κ2) is 0.896. The van der Waals surface area contributed by atoms with Crippen LogP contribution in [0, 0.1) is 17.3 Å². The fraction of sp³-hybridized carbons (Fsp3) is 0.750. The van der Waals surface area contributed by atoms with Crippen molar-refractivity contribution in [3.8, 4) is 0 Å². The second-order valence-corrected chi connectivity index (χ2v) is 3.54. The van der Waals surface area contributed by atoms with Gasteiger partial charge in [0.2, 0.25) is 0 Å². The van der Waals surface area contributed by atoms with Crippen LogP contribution in [0.1, 0.15) is 20.3 Å². The molecule has 2 saturated carbocycles. The van der Waals surface area contributed by atoms with E-state index in [2.05, 4.69) is 20.4 Å². The summed E-state index contributed by atoms with van der Waals surface area (Å²) in [5.41, 5.74) is 2.13. The molecule has 2 rings (SSSR count). The van der Waals surface area contributed by atoms with E-state index < -0.39 is 0 Å². The average molecular weight is 108 g/mol. The molecule has 8 heavy (non-hydrogen) atoms. The minimum Gasteiger partial charge on any atom is -0.0990 e. The first-order chi connectivity index (χ1) is 3.66. The second-order valence-electron chi connectivity index (χ2n) is 3.54. The van der Waals surface area contributed by atoms with E-state index >= 15 is 0 Å². The van der Waals surface area contributed by atoms with Crippen molar-refractivity contribution in [2.45, 2.75) is 20.3 Å². The molecule has 0 radical (unpaired) electrons. The Morgan fingerprint density at radius 1 is 1.75 bits per heavy atom. The number of hydrogen-bond donors (Lipinski definition) is 0. The maximum atomic E-state index is 4.04. The molecule has 0 nitrogen and oxygen atoms in total. The van der Waals surface area contributed by atoms with Gasteiger partial charge in [-0.25, -0.2) is 0 Å². The predicted molar refractivity (Wildman–Crippen MR) is 34.5 cm³/mol. The molecule has 2 fully saturated rings. The Morgan fingerprint density at radius 2 is 2.38 bits per heavy atom. The van der Waals surface area contributed by atoms with Gasteiger partial charge < -0.3 is 0 Å². The number of hydrogen-bond acceptors (Lipinski definition) is 0. The Morgan fingerprint density at radius 3 is 2.50 bits per heavy atom. The topological polar surface area (TPSA) is 0 Å². The van der Waals surface area contributed by atoms with E-state index in [4.69, 9.17) is 0 Å². The van der Waals surface area contributed by atoms with E-state index in [9.17, 15) is 0 Å². The van der Waals surface area contributed by atoms with Crippen molar-refractivity contribution in [3.63, 3.8) is 0 Å². The van der Waals surface area contributed by atoms with E-state index in [1.165, 1.54) is 12.0 Å². The Bertz CT molecular complexity index is 157. The molecule has 0 heterocycles. The quantitative estimate of drug-likeness (QED) is 0.417. The van der Waals surface area contributed by atoms with Gasteiger partial charge in [-0.15, -0.1) is 0 Å². The summed E-state index contributed by atoms with van der Waals surface area (Å²) >= 11 is 0. The van der Waals surface area contributed by atoms with Crippen LogP contribution in [0.5, 0.6) is 0 Å². The molecule has 0 amide bonds. The van der Waals surface area contributed by atoms with Gasteiger partial charge in [-0.1, -0.05) is 26.0 Å². The van der Waals surface area contributed by atoms with E-state index in [1.54, 1.807) is 0 Å². The maximum Gasteiger partial charge on any atom is -0.00790 e. The molecule has 2 aliphatic rings. The lowest BCUT2D eigenvalue weighted by Crippen LogP contribution is -2.23. The van der Waals surface area contributed by atoms with Gasteiger partial charge in [0.1, 0.15) is 0 Å². The van der Waals surface area contributed by atoms with Crippen molar-refractivity contribution in [1.29, 1.82) is 0 Å². The first-order valence-electron chi connectivity index (χ1n) is 3.35. The molecule has 44 valence electrons. The van der Waals surface area contributed by atoms with Gasteiger partial charge in [0.05, 0.1) is 0 Å². The lowest BCUT2D eigenvalue weighted by atomic mass is 9.73. The first kappa shape index (κ1) is 4.60. The summed E-state index contributed by atoms with van der Waals surface area (Å²) < 4.78 is 0. The highest BCUT2D eigenvalue weighted by Crippen LogP contribution is 2.72. The van der Waals surface area contributed by atoms with Crippen LogP contribution in [-0.2, 0) is 0 Å². The zero-order valence-electron chi connectivity index (χ0n) is 5.57. The van der Waals surface area contributed by atoms with Crippen LogP contribution in [0.2, 0.25) is 0 Å². The van der Waals surface area contributed by atoms with Gasteiger partial charge in [0.25, 0.3) is 0 Å². The molecule has 0 aromatic carbocycles. The lowest BCUT2D eigenvalue weighted by Gasteiger charge is -2.32. The largest absolute Gasteiger partial charge is 0.0990 e. The predicted octanol–water partition coefficient (Wildman–Crippen LogP) is 2.22. The lowest BCUT2D eigenvalue weighted by molar-refractivity contribution is 0.347. The van der Waals surface area contributed by atoms with Crippen LogP contribution < -0.4 is 0 Å². The van der Waals surface area contributed by atoms with Crippen molar-refractivity contribution >= 4 is 0 Å². The van der Waals surface area contributed by atoms with Gasteiger partial charge in [0.15, 0.2) is 0 Å². The number of fused-ring (bicyclic) bond motifs is 1. The zero-order valence-corrected chi connectivity index (χ0v) is 5.57. The maximum absolute atomic E-state index is 4.04. The molecule has 0 aliphatic heterocycles. The molecular weight excluding hydrogens is 96.1 g/mol. The summed E-state index contributed by atoms with van der Waals surface area (Å²) in [5.74, 6) is 1.87. The SMILES string of the molecule is C=C1C(C)C2CC12C. The Balaban J connectivity index is 2.28. The van der Waals surface area contributed by atoms with Gasteiger partial charge >= 0.3 is 0 Å². The molecule has 2 aliphatic carbocycles. The van der Waals surface area contributed by atoms with Crippen LogP contribution >= 0.6 is 0 Å². The van der Waals surface area contributed by atoms with Crippen LogP contribution in [0.25, 0.3) is 0 Å². The van der Waals surface area contributed by atoms with E-state index in [-0.39, 0.29) is 0 Å². The highest BCUT2D eigenvalue weighted by atomic mass is 14.7. The monoisotopic (exact) mass is 108 g/mol. The van der Waals surface area contributed by atoms with Crippen molar-refractivity contribution in [1.82, 2.24) is 0 Å². The Labute approximate surface area is 50.6 Å². The van der Waals surface area contributed by atoms with E-state index in [0.717, 1.165) is 11.8 Å². The molecule has 0 N–H and O–H groups in total. The third-order valence-corrected chi connectivity index (χ3v) is 3.19. The molecule has 0 aromatic rings. The van der Waals surface area contributed by atoms with Crippen LogP contribution in [0.3, 0.4) is 0 Å². The Kier molecular flexibility index (Phi) is 0.516. The molecule has 0 heteroatoms. The Hall–Kier alpha value is -0.260. The van der Waals surface area contributed by atoms with Gasteiger partial charge in [0, 0.05) is 0 Å². The fourth-order valence-corrected chi connectivity index (χ4v) is 2.16.